The summed E-state index contributed by atoms with van der Waals surface area (Å²) in [4.78, 5) is 32.7. The molecule has 1 saturated heterocycles. The second-order valence-corrected chi connectivity index (χ2v) is 9.02. The lowest BCUT2D eigenvalue weighted by molar-refractivity contribution is -0.899. The highest BCUT2D eigenvalue weighted by Crippen LogP contribution is 2.31. The van der Waals surface area contributed by atoms with Crippen molar-refractivity contribution >= 4 is 38.5 Å². The molecule has 30 heavy (non-hydrogen) atoms. The SMILES string of the molecule is Cc1cccc2sc(N(Cc3ccccc3)C(=O)C[NH+]3CCC[C@H](C(N)=O)C3)nc12. The van der Waals surface area contributed by atoms with Gasteiger partial charge in [-0.3, -0.25) is 14.5 Å². The fourth-order valence-electron chi connectivity index (χ4n) is 4.08. The summed E-state index contributed by atoms with van der Waals surface area (Å²) >= 11 is 1.55. The number of hydrogen-bond acceptors (Lipinski definition) is 4. The average molecular weight is 424 g/mol. The number of amides is 2. The van der Waals surface area contributed by atoms with E-state index in [1.54, 1.807) is 16.2 Å². The Balaban J connectivity index is 1.60. The van der Waals surface area contributed by atoms with Crippen LogP contribution in [0.2, 0.25) is 0 Å². The average Bonchev–Trinajstić information content (AvgIpc) is 3.18. The molecule has 1 aromatic heterocycles. The van der Waals surface area contributed by atoms with Crippen molar-refractivity contribution in [2.45, 2.75) is 26.3 Å². The molecule has 0 spiro atoms. The number of aromatic nitrogens is 1. The number of primary amides is 1. The number of thiazole rings is 1. The molecule has 156 valence electrons. The molecule has 2 atom stereocenters. The van der Waals surface area contributed by atoms with Crippen molar-refractivity contribution in [3.8, 4) is 0 Å². The Morgan fingerprint density at radius 1 is 1.20 bits per heavy atom. The van der Waals surface area contributed by atoms with Crippen LogP contribution in [0.4, 0.5) is 5.13 Å². The molecule has 2 aromatic carbocycles. The van der Waals surface area contributed by atoms with Gasteiger partial charge in [0.1, 0.15) is 0 Å². The van der Waals surface area contributed by atoms with Gasteiger partial charge in [0.2, 0.25) is 5.91 Å². The van der Waals surface area contributed by atoms with Crippen molar-refractivity contribution in [3.63, 3.8) is 0 Å². The smallest absolute Gasteiger partial charge is 0.284 e. The van der Waals surface area contributed by atoms with Gasteiger partial charge in [0.15, 0.2) is 11.7 Å². The van der Waals surface area contributed by atoms with Crippen LogP contribution in [0, 0.1) is 12.8 Å². The Morgan fingerprint density at radius 2 is 2.00 bits per heavy atom. The van der Waals surface area contributed by atoms with Crippen LogP contribution in [-0.2, 0) is 16.1 Å². The summed E-state index contributed by atoms with van der Waals surface area (Å²) in [5, 5.41) is 0.719. The van der Waals surface area contributed by atoms with Crippen molar-refractivity contribution in [1.29, 1.82) is 0 Å². The molecule has 0 aliphatic carbocycles. The Morgan fingerprint density at radius 3 is 2.73 bits per heavy atom. The van der Waals surface area contributed by atoms with Crippen LogP contribution in [0.5, 0.6) is 0 Å². The topological polar surface area (TPSA) is 80.7 Å². The summed E-state index contributed by atoms with van der Waals surface area (Å²) in [6, 6.07) is 16.1. The first-order chi connectivity index (χ1) is 14.5. The van der Waals surface area contributed by atoms with Gasteiger partial charge in [-0.05, 0) is 37.0 Å². The number of para-hydroxylation sites is 1. The monoisotopic (exact) mass is 423 g/mol. The van der Waals surface area contributed by atoms with Crippen LogP contribution in [-0.4, -0.2) is 36.4 Å². The summed E-state index contributed by atoms with van der Waals surface area (Å²) in [5.74, 6) is -0.382. The van der Waals surface area contributed by atoms with Crippen molar-refractivity contribution in [2.24, 2.45) is 11.7 Å². The highest BCUT2D eigenvalue weighted by Gasteiger charge is 2.31. The maximum Gasteiger partial charge on any atom is 0.284 e. The number of carbonyl (C=O) groups excluding carboxylic acids is 2. The van der Waals surface area contributed by atoms with Crippen molar-refractivity contribution in [3.05, 3.63) is 59.7 Å². The third-order valence-electron chi connectivity index (χ3n) is 5.75. The van der Waals surface area contributed by atoms with E-state index in [0.717, 1.165) is 50.8 Å². The first-order valence-electron chi connectivity index (χ1n) is 10.3. The molecule has 3 N–H and O–H groups in total. The van der Waals surface area contributed by atoms with Crippen molar-refractivity contribution in [1.82, 2.24) is 4.98 Å². The van der Waals surface area contributed by atoms with E-state index in [1.807, 2.05) is 55.5 Å². The summed E-state index contributed by atoms with van der Waals surface area (Å²) in [7, 11) is 0. The van der Waals surface area contributed by atoms with Crippen LogP contribution in [0.25, 0.3) is 10.2 Å². The maximum absolute atomic E-state index is 13.4. The number of benzene rings is 2. The largest absolute Gasteiger partial charge is 0.369 e. The van der Waals surface area contributed by atoms with E-state index in [-0.39, 0.29) is 17.7 Å². The summed E-state index contributed by atoms with van der Waals surface area (Å²) < 4.78 is 1.08. The minimum Gasteiger partial charge on any atom is -0.369 e. The molecule has 3 aromatic rings. The van der Waals surface area contributed by atoms with Gasteiger partial charge in [-0.25, -0.2) is 4.98 Å². The summed E-state index contributed by atoms with van der Waals surface area (Å²) in [6.07, 6.45) is 1.73. The zero-order valence-corrected chi connectivity index (χ0v) is 18.0. The van der Waals surface area contributed by atoms with Crippen LogP contribution in [0.3, 0.4) is 0 Å². The van der Waals surface area contributed by atoms with E-state index in [2.05, 4.69) is 0 Å². The minimum atomic E-state index is -0.262. The van der Waals surface area contributed by atoms with E-state index < -0.39 is 0 Å². The Kier molecular flexibility index (Phi) is 6.11. The number of aryl methyl sites for hydroxylation is 1. The number of fused-ring (bicyclic) bond motifs is 1. The molecule has 0 saturated carbocycles. The fraction of sp³-hybridized carbons (Fsp3) is 0.348. The van der Waals surface area contributed by atoms with E-state index in [4.69, 9.17) is 10.7 Å². The quantitative estimate of drug-likeness (QED) is 0.636. The molecule has 1 aliphatic rings. The fourth-order valence-corrected chi connectivity index (χ4v) is 5.14. The van der Waals surface area contributed by atoms with Gasteiger partial charge in [-0.1, -0.05) is 53.8 Å². The zero-order valence-electron chi connectivity index (χ0n) is 17.1. The van der Waals surface area contributed by atoms with Gasteiger partial charge < -0.3 is 10.6 Å². The van der Waals surface area contributed by atoms with Gasteiger partial charge in [0, 0.05) is 0 Å². The number of nitrogens with one attached hydrogen (secondary N) is 1. The standard InChI is InChI=1S/C23H26N4O2S/c1-16-7-5-11-19-21(16)25-23(30-19)27(13-17-8-3-2-4-9-17)20(28)15-26-12-6-10-18(14-26)22(24)29/h2-5,7-9,11,18H,6,10,12-15H2,1H3,(H2,24,29)/p+1/t18-/m0/s1. The Labute approximate surface area is 180 Å². The highest BCUT2D eigenvalue weighted by molar-refractivity contribution is 7.22. The minimum absolute atomic E-state index is 0.0238. The third kappa shape index (κ3) is 4.52. The van der Waals surface area contributed by atoms with Gasteiger partial charge >= 0.3 is 0 Å². The molecule has 0 radical (unpaired) electrons. The first-order valence-corrected chi connectivity index (χ1v) is 11.2. The number of anilines is 1. The molecule has 7 heteroatoms. The number of nitrogens with two attached hydrogens (primary N) is 1. The Hall–Kier alpha value is -2.77. The van der Waals surface area contributed by atoms with Crippen molar-refractivity contribution < 1.29 is 14.5 Å². The number of piperidine rings is 1. The van der Waals surface area contributed by atoms with Gasteiger partial charge in [-0.15, -0.1) is 0 Å². The molecular weight excluding hydrogens is 396 g/mol. The Bertz CT molecular complexity index is 1050. The van der Waals surface area contributed by atoms with Gasteiger partial charge in [0.05, 0.1) is 35.8 Å². The van der Waals surface area contributed by atoms with Crippen LogP contribution >= 0.6 is 11.3 Å². The molecule has 6 nitrogen and oxygen atoms in total. The van der Waals surface area contributed by atoms with Crippen LogP contribution in [0.15, 0.2) is 48.5 Å². The van der Waals surface area contributed by atoms with Gasteiger partial charge in [0.25, 0.3) is 5.91 Å². The molecule has 1 aliphatic heterocycles. The number of likely N-dealkylation sites (tertiary alicyclic amines) is 1. The van der Waals surface area contributed by atoms with Crippen LogP contribution in [0.1, 0.15) is 24.0 Å². The first kappa shape index (κ1) is 20.5. The van der Waals surface area contributed by atoms with E-state index in [1.165, 1.54) is 0 Å². The lowest BCUT2D eigenvalue weighted by Gasteiger charge is -2.29. The zero-order chi connectivity index (χ0) is 21.1. The lowest BCUT2D eigenvalue weighted by Crippen LogP contribution is -3.15. The number of quaternary nitrogens is 1. The second kappa shape index (κ2) is 8.93. The molecule has 4 rings (SSSR count). The number of rotatable bonds is 6. The predicted molar refractivity (Wildman–Crippen MR) is 119 cm³/mol. The number of carbonyl (C=O) groups is 2. The van der Waals surface area contributed by atoms with Crippen molar-refractivity contribution in [2.75, 3.05) is 24.5 Å². The lowest BCUT2D eigenvalue weighted by atomic mass is 9.97. The number of nitrogens with zero attached hydrogens (tertiary/aromatic N) is 2. The highest BCUT2D eigenvalue weighted by atomic mass is 32.1. The molecule has 1 fully saturated rings. The third-order valence-corrected chi connectivity index (χ3v) is 6.79. The maximum atomic E-state index is 13.4. The van der Waals surface area contributed by atoms with E-state index >= 15 is 0 Å². The van der Waals surface area contributed by atoms with E-state index in [0.29, 0.717) is 19.6 Å². The molecule has 0 bridgehead atoms. The summed E-state index contributed by atoms with van der Waals surface area (Å²) in [6.45, 7) is 4.36. The molecule has 2 heterocycles. The van der Waals surface area contributed by atoms with Gasteiger partial charge in [-0.2, -0.15) is 0 Å². The second-order valence-electron chi connectivity index (χ2n) is 8.01. The molecule has 2 amide bonds. The predicted octanol–water partition coefficient (Wildman–Crippen LogP) is 1.92. The molecule has 1 unspecified atom stereocenters. The van der Waals surface area contributed by atoms with E-state index in [9.17, 15) is 9.59 Å². The summed E-state index contributed by atoms with van der Waals surface area (Å²) in [5.41, 5.74) is 8.63. The number of hydrogen-bond donors (Lipinski definition) is 2. The molecular formula is C23H27N4O2S+. The normalized spacial score (nSPS) is 19.0. The van der Waals surface area contributed by atoms with Crippen LogP contribution < -0.4 is 15.5 Å².